The monoisotopic (exact) mass is 275 g/mol. The number of ketones is 1. The van der Waals surface area contributed by atoms with E-state index in [-0.39, 0.29) is 5.78 Å². The summed E-state index contributed by atoms with van der Waals surface area (Å²) in [5.74, 6) is 0.0914. The van der Waals surface area contributed by atoms with E-state index in [0.29, 0.717) is 0 Å². The van der Waals surface area contributed by atoms with Crippen molar-refractivity contribution in [1.82, 2.24) is 4.57 Å². The van der Waals surface area contributed by atoms with Crippen molar-refractivity contribution in [2.45, 2.75) is 13.8 Å². The number of carbonyl (C=O) groups excluding carboxylic acids is 1. The van der Waals surface area contributed by atoms with Crippen LogP contribution in [0, 0.1) is 6.92 Å². The van der Waals surface area contributed by atoms with Crippen molar-refractivity contribution in [3.63, 3.8) is 0 Å². The second kappa shape index (κ2) is 5.41. The summed E-state index contributed by atoms with van der Waals surface area (Å²) in [5.41, 5.74) is 4.20. The van der Waals surface area contributed by atoms with Crippen LogP contribution in [0.15, 0.2) is 54.7 Å². The summed E-state index contributed by atoms with van der Waals surface area (Å²) in [5, 5.41) is 0.999. The third-order valence-electron chi connectivity index (χ3n) is 3.62. The Balaban J connectivity index is 2.04. The Morgan fingerprint density at radius 2 is 1.76 bits per heavy atom. The number of hydrogen-bond donors (Lipinski definition) is 0. The number of rotatable bonds is 3. The van der Waals surface area contributed by atoms with E-state index in [1.165, 1.54) is 5.56 Å². The number of aryl methyl sites for hydroxylation is 1. The van der Waals surface area contributed by atoms with Gasteiger partial charge >= 0.3 is 0 Å². The van der Waals surface area contributed by atoms with E-state index in [1.54, 1.807) is 6.92 Å². The average molecular weight is 275 g/mol. The molecule has 21 heavy (non-hydrogen) atoms. The third-order valence-corrected chi connectivity index (χ3v) is 3.62. The number of hydrogen-bond acceptors (Lipinski definition) is 1. The molecule has 0 unspecified atom stereocenters. The Kier molecular flexibility index (Phi) is 3.44. The number of aromatic nitrogens is 1. The predicted molar refractivity (Wildman–Crippen MR) is 88.3 cm³/mol. The molecule has 0 N–H and O–H groups in total. The highest BCUT2D eigenvalue weighted by Crippen LogP contribution is 2.22. The van der Waals surface area contributed by atoms with Crippen LogP contribution >= 0.6 is 0 Å². The van der Waals surface area contributed by atoms with E-state index in [1.807, 2.05) is 41.2 Å². The van der Waals surface area contributed by atoms with Gasteiger partial charge in [-0.05, 0) is 31.6 Å². The lowest BCUT2D eigenvalue weighted by atomic mass is 10.1. The Labute approximate surface area is 124 Å². The van der Waals surface area contributed by atoms with Gasteiger partial charge in [0.1, 0.15) is 0 Å². The van der Waals surface area contributed by atoms with Crippen molar-refractivity contribution < 1.29 is 4.79 Å². The minimum atomic E-state index is 0.0914. The highest BCUT2D eigenvalue weighted by Gasteiger charge is 2.09. The highest BCUT2D eigenvalue weighted by molar-refractivity contribution is 6.07. The first-order valence-electron chi connectivity index (χ1n) is 7.00. The average Bonchev–Trinajstić information content (AvgIpc) is 2.86. The fraction of sp³-hybridized carbons (Fsp3) is 0.105. The molecule has 0 amide bonds. The van der Waals surface area contributed by atoms with Crippen LogP contribution in [0.5, 0.6) is 0 Å². The molecule has 3 aromatic rings. The maximum atomic E-state index is 11.7. The van der Waals surface area contributed by atoms with E-state index in [2.05, 4.69) is 37.3 Å². The van der Waals surface area contributed by atoms with Crippen molar-refractivity contribution in [3.8, 4) is 0 Å². The van der Waals surface area contributed by atoms with E-state index in [0.717, 1.165) is 22.0 Å². The van der Waals surface area contributed by atoms with Gasteiger partial charge in [-0.1, -0.05) is 48.0 Å². The lowest BCUT2D eigenvalue weighted by molar-refractivity contribution is 0.101. The summed E-state index contributed by atoms with van der Waals surface area (Å²) in [6, 6.07) is 16.3. The molecule has 2 heteroatoms. The molecule has 0 saturated carbocycles. The maximum Gasteiger partial charge on any atom is 0.161 e. The summed E-state index contributed by atoms with van der Waals surface area (Å²) in [7, 11) is 0. The van der Waals surface area contributed by atoms with Crippen LogP contribution in [0.3, 0.4) is 0 Å². The maximum absolute atomic E-state index is 11.7. The third kappa shape index (κ3) is 2.65. The van der Waals surface area contributed by atoms with Crippen LogP contribution in [0.25, 0.3) is 23.2 Å². The molecule has 1 heterocycles. The number of nitrogens with zero attached hydrogens (tertiary/aromatic N) is 1. The van der Waals surface area contributed by atoms with Gasteiger partial charge in [-0.3, -0.25) is 4.79 Å². The summed E-state index contributed by atoms with van der Waals surface area (Å²) >= 11 is 0. The Bertz CT molecular complexity index is 822. The smallest absolute Gasteiger partial charge is 0.161 e. The van der Waals surface area contributed by atoms with E-state index in [4.69, 9.17) is 0 Å². The lowest BCUT2D eigenvalue weighted by Gasteiger charge is -1.98. The molecule has 0 saturated heterocycles. The molecule has 2 nitrogen and oxygen atoms in total. The van der Waals surface area contributed by atoms with Crippen LogP contribution in [0.2, 0.25) is 0 Å². The van der Waals surface area contributed by atoms with Gasteiger partial charge in [0.2, 0.25) is 0 Å². The zero-order valence-electron chi connectivity index (χ0n) is 12.2. The summed E-state index contributed by atoms with van der Waals surface area (Å²) in [4.78, 5) is 11.7. The SMILES string of the molecule is CC(=O)c1cn(/C=C\c2ccc(C)cc2)c2ccccc12. The first-order chi connectivity index (χ1) is 10.1. The lowest BCUT2D eigenvalue weighted by Crippen LogP contribution is -1.88. The summed E-state index contributed by atoms with van der Waals surface area (Å²) in [6.45, 7) is 3.68. The Hall–Kier alpha value is -2.61. The minimum absolute atomic E-state index is 0.0914. The Morgan fingerprint density at radius 1 is 1.05 bits per heavy atom. The van der Waals surface area contributed by atoms with Gasteiger partial charge in [-0.15, -0.1) is 0 Å². The molecule has 0 fully saturated rings. The van der Waals surface area contributed by atoms with Crippen molar-refractivity contribution in [1.29, 1.82) is 0 Å². The molecule has 1 aromatic heterocycles. The van der Waals surface area contributed by atoms with Crippen LogP contribution in [0.4, 0.5) is 0 Å². The topological polar surface area (TPSA) is 22.0 Å². The zero-order chi connectivity index (χ0) is 14.8. The van der Waals surface area contributed by atoms with Crippen molar-refractivity contribution >= 4 is 29.0 Å². The van der Waals surface area contributed by atoms with Gasteiger partial charge in [0.25, 0.3) is 0 Å². The predicted octanol–water partition coefficient (Wildman–Crippen LogP) is 4.78. The van der Waals surface area contributed by atoms with Crippen LogP contribution < -0.4 is 0 Å². The number of Topliss-reactive ketones (excluding diaryl/α,β-unsaturated/α-hetero) is 1. The number of carbonyl (C=O) groups is 1. The first-order valence-corrected chi connectivity index (χ1v) is 7.00. The standard InChI is InChI=1S/C19H17NO/c1-14-7-9-16(10-8-14)11-12-20-13-18(15(2)21)17-5-3-4-6-19(17)20/h3-13H,1-2H3/b12-11-. The molecule has 0 spiro atoms. The molecule has 2 aromatic carbocycles. The zero-order valence-corrected chi connectivity index (χ0v) is 12.2. The van der Waals surface area contributed by atoms with Crippen molar-refractivity contribution in [2.24, 2.45) is 0 Å². The fourth-order valence-electron chi connectivity index (χ4n) is 2.45. The summed E-state index contributed by atoms with van der Waals surface area (Å²) in [6.07, 6.45) is 5.95. The first kappa shape index (κ1) is 13.4. The second-order valence-electron chi connectivity index (χ2n) is 5.25. The second-order valence-corrected chi connectivity index (χ2v) is 5.25. The van der Waals surface area contributed by atoms with Gasteiger partial charge < -0.3 is 4.57 Å². The van der Waals surface area contributed by atoms with E-state index >= 15 is 0 Å². The van der Waals surface area contributed by atoms with E-state index < -0.39 is 0 Å². The molecule has 0 aliphatic carbocycles. The Morgan fingerprint density at radius 3 is 2.48 bits per heavy atom. The molecular weight excluding hydrogens is 258 g/mol. The number of para-hydroxylation sites is 1. The fourth-order valence-corrected chi connectivity index (χ4v) is 2.45. The van der Waals surface area contributed by atoms with Crippen LogP contribution in [-0.4, -0.2) is 10.4 Å². The van der Waals surface area contributed by atoms with Gasteiger partial charge in [0.15, 0.2) is 5.78 Å². The minimum Gasteiger partial charge on any atom is -0.322 e. The van der Waals surface area contributed by atoms with Crippen molar-refractivity contribution in [2.75, 3.05) is 0 Å². The van der Waals surface area contributed by atoms with E-state index in [9.17, 15) is 4.79 Å². The number of benzene rings is 2. The van der Waals surface area contributed by atoms with Gasteiger partial charge in [-0.25, -0.2) is 0 Å². The van der Waals surface area contributed by atoms with Crippen molar-refractivity contribution in [3.05, 3.63) is 71.4 Å². The van der Waals surface area contributed by atoms with Gasteiger partial charge in [0, 0.05) is 23.3 Å². The molecule has 104 valence electrons. The van der Waals surface area contributed by atoms with Crippen LogP contribution in [0.1, 0.15) is 28.4 Å². The molecule has 0 aliphatic rings. The molecule has 3 rings (SSSR count). The molecular formula is C19H17NO. The highest BCUT2D eigenvalue weighted by atomic mass is 16.1. The summed E-state index contributed by atoms with van der Waals surface area (Å²) < 4.78 is 2.01. The van der Waals surface area contributed by atoms with Crippen LogP contribution in [-0.2, 0) is 0 Å². The van der Waals surface area contributed by atoms with Gasteiger partial charge in [0.05, 0.1) is 5.52 Å². The largest absolute Gasteiger partial charge is 0.322 e. The molecule has 0 radical (unpaired) electrons. The molecule has 0 atom stereocenters. The number of fused-ring (bicyclic) bond motifs is 1. The molecule has 0 aliphatic heterocycles. The normalized spacial score (nSPS) is 11.3. The molecule has 0 bridgehead atoms. The quantitative estimate of drug-likeness (QED) is 0.630. The van der Waals surface area contributed by atoms with Gasteiger partial charge in [-0.2, -0.15) is 0 Å².